The quantitative estimate of drug-likeness (QED) is 0.102. The van der Waals surface area contributed by atoms with E-state index in [0.717, 1.165) is 94.6 Å². The number of hydrogen-bond acceptors (Lipinski definition) is 9. The highest BCUT2D eigenvalue weighted by Crippen LogP contribution is 2.58. The Morgan fingerprint density at radius 1 is 0.754 bits per heavy atom. The number of rotatable bonds is 11. The third-order valence-corrected chi connectivity index (χ3v) is 14.9. The van der Waals surface area contributed by atoms with Crippen LogP contribution >= 0.6 is 0 Å². The van der Waals surface area contributed by atoms with E-state index >= 15 is 0 Å². The van der Waals surface area contributed by atoms with Gasteiger partial charge in [0.15, 0.2) is 0 Å². The number of amides is 4. The Labute approximate surface area is 378 Å². The van der Waals surface area contributed by atoms with Crippen LogP contribution in [0.5, 0.6) is 0 Å². The number of fused-ring (bicyclic) bond motifs is 3. The Balaban J connectivity index is 0.833. The third kappa shape index (κ3) is 8.23. The standard InChI is InChI=1S/C50H58N8O7/c1-28(2)41(55-48(61)63-3)47(60)58-37-14-13-36(23-37)43(58)45-52-25-38(54-45)30-7-5-29(6-8-30)32-9-10-34-22-35(12-11-33(34)21-32)39-26-51-44(53-39)40-24-50(17-18-50)27-57(40)46(59)42(56-49(62)64-4)31-15-19-65-20-16-31/h5-12,21-22,25-26,28,31,36-37,40-43H,13-20,23-24,27H2,1-4H3,(H,51,53)(H,52,54)(H,55,61)(H,56,62)/t36?,37?,40-,41-,42-,43?/m0/s1. The van der Waals surface area contributed by atoms with Gasteiger partial charge in [-0.15, -0.1) is 0 Å². The number of imidazole rings is 2. The van der Waals surface area contributed by atoms with Crippen molar-refractivity contribution in [3.63, 3.8) is 0 Å². The highest BCUT2D eigenvalue weighted by atomic mass is 16.5. The van der Waals surface area contributed by atoms with E-state index in [1.165, 1.54) is 14.2 Å². The van der Waals surface area contributed by atoms with Gasteiger partial charge in [0, 0.05) is 31.4 Å². The minimum absolute atomic E-state index is 0.0273. The highest BCUT2D eigenvalue weighted by molar-refractivity contribution is 5.91. The summed E-state index contributed by atoms with van der Waals surface area (Å²) in [4.78, 5) is 73.6. The molecule has 1 spiro atoms. The van der Waals surface area contributed by atoms with Crippen LogP contribution in [0.25, 0.3) is 44.4 Å². The predicted octanol–water partition coefficient (Wildman–Crippen LogP) is 7.92. The summed E-state index contributed by atoms with van der Waals surface area (Å²) < 4.78 is 15.3. The van der Waals surface area contributed by atoms with Crippen molar-refractivity contribution in [3.8, 4) is 33.6 Å². The van der Waals surface area contributed by atoms with E-state index in [9.17, 15) is 19.2 Å². The Morgan fingerprint density at radius 2 is 1.37 bits per heavy atom. The van der Waals surface area contributed by atoms with E-state index < -0.39 is 24.3 Å². The number of H-pyrrole nitrogens is 2. The lowest BCUT2D eigenvalue weighted by Crippen LogP contribution is -2.54. The lowest BCUT2D eigenvalue weighted by atomic mass is 9.90. The molecule has 3 aromatic carbocycles. The van der Waals surface area contributed by atoms with Crippen molar-refractivity contribution in [1.82, 2.24) is 40.4 Å². The zero-order valence-electron chi connectivity index (χ0n) is 37.5. The lowest BCUT2D eigenvalue weighted by molar-refractivity contribution is -0.139. The normalized spacial score (nSPS) is 23.2. The van der Waals surface area contributed by atoms with Gasteiger partial charge in [-0.2, -0.15) is 0 Å². The Morgan fingerprint density at radius 3 is 2.06 bits per heavy atom. The number of methoxy groups -OCH3 is 2. The molecule has 5 aromatic rings. The number of likely N-dealkylation sites (tertiary alicyclic amines) is 2. The molecule has 15 nitrogen and oxygen atoms in total. The van der Waals surface area contributed by atoms with Crippen molar-refractivity contribution in [3.05, 3.63) is 84.7 Å². The first-order valence-electron chi connectivity index (χ1n) is 23.2. The number of alkyl carbamates (subject to hydrolysis) is 2. The van der Waals surface area contributed by atoms with Gasteiger partial charge in [-0.1, -0.05) is 62.4 Å². The SMILES string of the molecule is COC(=O)N[C@H](C(=O)N1C2CCC(C2)C1c1ncc(-c2ccc(-c3ccc4cc(-c5cnc([C@@H]6CC7(CC7)CN6C(=O)[C@@H](NC(=O)OC)C6CCOCC6)[nH]5)ccc4c3)cc2)[nH]1)C(C)C. The minimum atomic E-state index is -0.684. The number of aromatic amines is 2. The maximum Gasteiger partial charge on any atom is 0.407 e. The number of carbonyl (C=O) groups is 4. The van der Waals surface area contributed by atoms with Gasteiger partial charge < -0.3 is 44.6 Å². The monoisotopic (exact) mass is 882 g/mol. The number of nitrogens with zero attached hydrogens (tertiary/aromatic N) is 4. The van der Waals surface area contributed by atoms with Crippen molar-refractivity contribution >= 4 is 34.8 Å². The van der Waals surface area contributed by atoms with Gasteiger partial charge in [0.05, 0.1) is 50.1 Å². The smallest absolute Gasteiger partial charge is 0.407 e. The molecule has 4 amide bonds. The minimum Gasteiger partial charge on any atom is -0.453 e. The highest BCUT2D eigenvalue weighted by Gasteiger charge is 2.56. The van der Waals surface area contributed by atoms with Crippen LogP contribution in [0.4, 0.5) is 9.59 Å². The largest absolute Gasteiger partial charge is 0.453 e. The molecule has 6 atom stereocenters. The fourth-order valence-electron chi connectivity index (χ4n) is 11.1. The molecular formula is C50H58N8O7. The van der Waals surface area contributed by atoms with Crippen molar-refractivity contribution in [2.75, 3.05) is 34.0 Å². The van der Waals surface area contributed by atoms with Crippen molar-refractivity contribution in [2.45, 2.75) is 95.4 Å². The molecule has 2 aromatic heterocycles. The summed E-state index contributed by atoms with van der Waals surface area (Å²) >= 11 is 0. The summed E-state index contributed by atoms with van der Waals surface area (Å²) in [7, 11) is 2.63. The van der Waals surface area contributed by atoms with E-state index in [1.54, 1.807) is 0 Å². The summed E-state index contributed by atoms with van der Waals surface area (Å²) in [6, 6.07) is 19.7. The van der Waals surface area contributed by atoms with Crippen LogP contribution in [0.1, 0.15) is 88.9 Å². The number of piperidine rings is 1. The first-order chi connectivity index (χ1) is 31.5. The molecular weight excluding hydrogens is 825 g/mol. The van der Waals surface area contributed by atoms with Crippen LogP contribution in [-0.4, -0.2) is 106 Å². The second-order valence-electron chi connectivity index (χ2n) is 19.2. The van der Waals surface area contributed by atoms with Crippen molar-refractivity contribution < 1.29 is 33.4 Å². The van der Waals surface area contributed by atoms with Gasteiger partial charge in [0.25, 0.3) is 0 Å². The average Bonchev–Trinajstić information content (AvgIpc) is 3.97. The van der Waals surface area contributed by atoms with Crippen molar-refractivity contribution in [1.29, 1.82) is 0 Å². The van der Waals surface area contributed by atoms with Gasteiger partial charge in [-0.05, 0) is 114 Å². The van der Waals surface area contributed by atoms with Gasteiger partial charge in [0.1, 0.15) is 23.7 Å². The van der Waals surface area contributed by atoms with Gasteiger partial charge >= 0.3 is 12.2 Å². The van der Waals surface area contributed by atoms with Crippen LogP contribution in [0, 0.1) is 23.2 Å². The summed E-state index contributed by atoms with van der Waals surface area (Å²) in [6.45, 7) is 5.65. The number of benzene rings is 3. The molecule has 65 heavy (non-hydrogen) atoms. The molecule has 5 aliphatic rings. The summed E-state index contributed by atoms with van der Waals surface area (Å²) in [5.74, 6) is 1.55. The maximum atomic E-state index is 14.3. The fraction of sp³-hybridized carbons (Fsp3) is 0.480. The van der Waals surface area contributed by atoms with Gasteiger partial charge in [-0.3, -0.25) is 9.59 Å². The Kier molecular flexibility index (Phi) is 11.4. The Bertz CT molecular complexity index is 2590. The first kappa shape index (κ1) is 42.7. The Hall–Kier alpha value is -6.22. The van der Waals surface area contributed by atoms with Crippen LogP contribution in [0.3, 0.4) is 0 Å². The summed E-state index contributed by atoms with van der Waals surface area (Å²) in [5.41, 5.74) is 6.07. The zero-order chi connectivity index (χ0) is 45.0. The summed E-state index contributed by atoms with van der Waals surface area (Å²) in [5, 5.41) is 7.84. The number of ether oxygens (including phenoxy) is 3. The molecule has 3 saturated heterocycles. The average molecular weight is 883 g/mol. The molecule has 340 valence electrons. The van der Waals surface area contributed by atoms with Crippen molar-refractivity contribution in [2.24, 2.45) is 23.2 Å². The fourth-order valence-corrected chi connectivity index (χ4v) is 11.1. The topological polar surface area (TPSA) is 184 Å². The van der Waals surface area contributed by atoms with E-state index in [-0.39, 0.29) is 47.2 Å². The molecule has 3 aliphatic heterocycles. The number of aromatic nitrogens is 4. The van der Waals surface area contributed by atoms with E-state index in [4.69, 9.17) is 24.2 Å². The van der Waals surface area contributed by atoms with Crippen LogP contribution < -0.4 is 10.6 Å². The molecule has 3 unspecified atom stereocenters. The van der Waals surface area contributed by atoms with E-state index in [1.807, 2.05) is 36.0 Å². The maximum absolute atomic E-state index is 14.3. The second-order valence-corrected chi connectivity index (χ2v) is 19.2. The number of nitrogens with one attached hydrogen (secondary N) is 4. The number of hydrogen-bond donors (Lipinski definition) is 4. The molecule has 2 saturated carbocycles. The van der Waals surface area contributed by atoms with Gasteiger partial charge in [0.2, 0.25) is 11.8 Å². The molecule has 0 radical (unpaired) electrons. The molecule has 15 heteroatoms. The van der Waals surface area contributed by atoms with E-state index in [2.05, 4.69) is 81.3 Å². The molecule has 4 N–H and O–H groups in total. The van der Waals surface area contributed by atoms with Gasteiger partial charge in [-0.25, -0.2) is 19.6 Å². The molecule has 5 fully saturated rings. The molecule has 5 heterocycles. The number of carbonyl (C=O) groups excluding carboxylic acids is 4. The molecule has 2 aliphatic carbocycles. The third-order valence-electron chi connectivity index (χ3n) is 14.9. The van der Waals surface area contributed by atoms with Crippen LogP contribution in [0.2, 0.25) is 0 Å². The van der Waals surface area contributed by atoms with E-state index in [0.29, 0.717) is 38.5 Å². The summed E-state index contributed by atoms with van der Waals surface area (Å²) in [6.07, 6.45) is 9.84. The zero-order valence-corrected chi connectivity index (χ0v) is 37.5. The van der Waals surface area contributed by atoms with Crippen LogP contribution in [-0.2, 0) is 23.8 Å². The first-order valence-corrected chi connectivity index (χ1v) is 23.2. The second kappa shape index (κ2) is 17.3. The van der Waals surface area contributed by atoms with Crippen LogP contribution in [0.15, 0.2) is 73.1 Å². The molecule has 2 bridgehead atoms. The lowest BCUT2D eigenvalue weighted by Gasteiger charge is -2.37. The molecule has 10 rings (SSSR count). The predicted molar refractivity (Wildman–Crippen MR) is 243 cm³/mol.